The standard InChI is InChI=1S/C10H8ClNO4S/c1-6-2-7-3-8(11)4-16-9(7)10(6)17(14,15)12-5-13/h3-4,6H,2H2,1H3. The fourth-order valence-corrected chi connectivity index (χ4v) is 3.32. The van der Waals surface area contributed by atoms with E-state index in [1.165, 1.54) is 6.26 Å². The van der Waals surface area contributed by atoms with Crippen LogP contribution in [-0.2, 0) is 19.6 Å². The van der Waals surface area contributed by atoms with Crippen LogP contribution in [-0.4, -0.2) is 14.5 Å². The summed E-state index contributed by atoms with van der Waals surface area (Å²) in [4.78, 5) is 10.1. The Hall–Kier alpha value is -1.36. The topological polar surface area (TPSA) is 72.8 Å². The molecule has 2 rings (SSSR count). The summed E-state index contributed by atoms with van der Waals surface area (Å²) in [5.74, 6) is -0.0739. The summed E-state index contributed by atoms with van der Waals surface area (Å²) in [6, 6.07) is 0. The zero-order valence-electron chi connectivity index (χ0n) is 8.81. The van der Waals surface area contributed by atoms with E-state index in [-0.39, 0.29) is 16.6 Å². The van der Waals surface area contributed by atoms with Crippen molar-refractivity contribution in [2.24, 2.45) is 10.3 Å². The predicted molar refractivity (Wildman–Crippen MR) is 61.0 cm³/mol. The molecule has 0 amide bonds. The fraction of sp³-hybridized carbons (Fsp3) is 0.300. The zero-order valence-corrected chi connectivity index (χ0v) is 10.4. The maximum Gasteiger partial charge on any atom is 0.292 e. The van der Waals surface area contributed by atoms with Crippen molar-refractivity contribution in [3.63, 3.8) is 0 Å². The number of nitrogens with zero attached hydrogens (tertiary/aromatic N) is 1. The Kier molecular flexibility index (Phi) is 2.95. The molecule has 0 aromatic heterocycles. The molecule has 1 aliphatic heterocycles. The molecule has 1 aliphatic carbocycles. The van der Waals surface area contributed by atoms with Gasteiger partial charge in [-0.05, 0) is 18.1 Å². The first-order valence-electron chi connectivity index (χ1n) is 4.77. The van der Waals surface area contributed by atoms with Crippen LogP contribution < -0.4 is 0 Å². The molecule has 0 N–H and O–H groups in total. The van der Waals surface area contributed by atoms with Crippen LogP contribution in [0.5, 0.6) is 0 Å². The van der Waals surface area contributed by atoms with Crippen molar-refractivity contribution in [3.05, 3.63) is 33.6 Å². The monoisotopic (exact) mass is 273 g/mol. The van der Waals surface area contributed by atoms with Gasteiger partial charge in [-0.15, -0.1) is 0 Å². The molecule has 0 saturated carbocycles. The molecule has 0 radical (unpaired) electrons. The second-order valence-corrected chi connectivity index (χ2v) is 5.76. The molecular weight excluding hydrogens is 266 g/mol. The van der Waals surface area contributed by atoms with E-state index in [0.29, 0.717) is 17.0 Å². The van der Waals surface area contributed by atoms with Crippen LogP contribution in [0.4, 0.5) is 0 Å². The Morgan fingerprint density at radius 1 is 1.59 bits per heavy atom. The number of allylic oxidation sites excluding steroid dienone is 4. The summed E-state index contributed by atoms with van der Waals surface area (Å²) in [5.41, 5.74) is 0.699. The first-order valence-corrected chi connectivity index (χ1v) is 6.59. The van der Waals surface area contributed by atoms with Crippen molar-refractivity contribution in [3.8, 4) is 0 Å². The minimum Gasteiger partial charge on any atom is -0.462 e. The normalized spacial score (nSPS) is 23.3. The van der Waals surface area contributed by atoms with Crippen molar-refractivity contribution in [1.82, 2.24) is 0 Å². The minimum atomic E-state index is -4.00. The summed E-state index contributed by atoms with van der Waals surface area (Å²) < 4.78 is 31.5. The second-order valence-electron chi connectivity index (χ2n) is 3.75. The van der Waals surface area contributed by atoms with Gasteiger partial charge in [-0.1, -0.05) is 22.9 Å². The number of sulfonamides is 1. The van der Waals surface area contributed by atoms with E-state index >= 15 is 0 Å². The molecule has 1 atom stereocenters. The van der Waals surface area contributed by atoms with Gasteiger partial charge in [-0.25, -0.2) is 4.79 Å². The summed E-state index contributed by atoms with van der Waals surface area (Å²) in [6.45, 7) is 1.72. The number of ether oxygens (including phenoxy) is 1. The minimum absolute atomic E-state index is 0.00696. The average Bonchev–Trinajstić information content (AvgIpc) is 2.53. The number of carbonyl (C=O) groups excluding carboxylic acids is 1. The number of hydrogen-bond donors (Lipinski definition) is 0. The van der Waals surface area contributed by atoms with Gasteiger partial charge in [0, 0.05) is 5.92 Å². The van der Waals surface area contributed by atoms with E-state index in [4.69, 9.17) is 16.3 Å². The Bertz CT molecular complexity index is 608. The van der Waals surface area contributed by atoms with E-state index < -0.39 is 10.0 Å². The van der Waals surface area contributed by atoms with E-state index in [1.54, 1.807) is 13.0 Å². The summed E-state index contributed by atoms with van der Waals surface area (Å²) in [7, 11) is -4.00. The van der Waals surface area contributed by atoms with Crippen molar-refractivity contribution in [1.29, 1.82) is 0 Å². The fourth-order valence-electron chi connectivity index (χ4n) is 1.94. The van der Waals surface area contributed by atoms with Gasteiger partial charge in [-0.3, -0.25) is 0 Å². The van der Waals surface area contributed by atoms with Gasteiger partial charge < -0.3 is 4.74 Å². The molecule has 17 heavy (non-hydrogen) atoms. The maximum atomic E-state index is 11.7. The molecule has 0 spiro atoms. The van der Waals surface area contributed by atoms with Gasteiger partial charge in [0.2, 0.25) is 0 Å². The molecule has 7 heteroatoms. The molecule has 90 valence electrons. The maximum absolute atomic E-state index is 11.7. The molecular formula is C10H8ClNO4S. The highest BCUT2D eigenvalue weighted by atomic mass is 35.5. The Morgan fingerprint density at radius 2 is 2.29 bits per heavy atom. The van der Waals surface area contributed by atoms with Gasteiger partial charge in [0.15, 0.2) is 0 Å². The first kappa shape index (κ1) is 12.1. The highest BCUT2D eigenvalue weighted by Gasteiger charge is 2.37. The van der Waals surface area contributed by atoms with E-state index in [2.05, 4.69) is 4.40 Å². The highest BCUT2D eigenvalue weighted by molar-refractivity contribution is 7.94. The van der Waals surface area contributed by atoms with E-state index in [1.807, 2.05) is 0 Å². The molecule has 0 bridgehead atoms. The molecule has 2 aliphatic rings. The highest BCUT2D eigenvalue weighted by Crippen LogP contribution is 2.42. The summed E-state index contributed by atoms with van der Waals surface area (Å²) in [6.07, 6.45) is 4.43. The van der Waals surface area contributed by atoms with Crippen LogP contribution in [0.15, 0.2) is 38.0 Å². The number of halogens is 1. The number of rotatable bonds is 2. The third-order valence-electron chi connectivity index (χ3n) is 2.53. The third kappa shape index (κ3) is 2.07. The molecule has 5 nitrogen and oxygen atoms in total. The molecule has 0 saturated heterocycles. The van der Waals surface area contributed by atoms with Gasteiger partial charge in [0.25, 0.3) is 16.1 Å². The van der Waals surface area contributed by atoms with E-state index in [0.717, 1.165) is 6.08 Å². The van der Waals surface area contributed by atoms with Crippen LogP contribution in [0.2, 0.25) is 0 Å². The molecule has 0 aromatic rings. The Morgan fingerprint density at radius 3 is 2.94 bits per heavy atom. The van der Waals surface area contributed by atoms with Crippen LogP contribution >= 0.6 is 11.6 Å². The quantitative estimate of drug-likeness (QED) is 0.569. The van der Waals surface area contributed by atoms with Gasteiger partial charge in [-0.2, -0.15) is 8.42 Å². The summed E-state index contributed by atoms with van der Waals surface area (Å²) in [5, 5.41) is 0.397. The second kappa shape index (κ2) is 4.14. The average molecular weight is 274 g/mol. The lowest BCUT2D eigenvalue weighted by Crippen LogP contribution is -2.07. The van der Waals surface area contributed by atoms with Crippen LogP contribution in [0.3, 0.4) is 0 Å². The van der Waals surface area contributed by atoms with E-state index in [9.17, 15) is 13.2 Å². The molecule has 0 aromatic carbocycles. The van der Waals surface area contributed by atoms with Gasteiger partial charge >= 0.3 is 0 Å². The Balaban J connectivity index is 2.59. The van der Waals surface area contributed by atoms with Crippen molar-refractivity contribution in [2.75, 3.05) is 0 Å². The molecule has 1 heterocycles. The van der Waals surface area contributed by atoms with Crippen LogP contribution in [0.1, 0.15) is 13.3 Å². The Labute approximate surface area is 103 Å². The van der Waals surface area contributed by atoms with Crippen molar-refractivity contribution in [2.45, 2.75) is 13.3 Å². The van der Waals surface area contributed by atoms with Crippen molar-refractivity contribution < 1.29 is 17.9 Å². The predicted octanol–water partition coefficient (Wildman–Crippen LogP) is 1.94. The lowest BCUT2D eigenvalue weighted by atomic mass is 10.1. The van der Waals surface area contributed by atoms with Gasteiger partial charge in [0.05, 0.1) is 5.03 Å². The number of hydrogen-bond acceptors (Lipinski definition) is 4. The number of isocyanates is 1. The lowest BCUT2D eigenvalue weighted by Gasteiger charge is -2.10. The smallest absolute Gasteiger partial charge is 0.292 e. The largest absolute Gasteiger partial charge is 0.462 e. The first-order chi connectivity index (χ1) is 7.95. The third-order valence-corrected chi connectivity index (χ3v) is 4.18. The van der Waals surface area contributed by atoms with Crippen LogP contribution in [0.25, 0.3) is 0 Å². The molecule has 0 fully saturated rings. The van der Waals surface area contributed by atoms with Crippen LogP contribution in [0, 0.1) is 5.92 Å². The van der Waals surface area contributed by atoms with Gasteiger partial charge in [0.1, 0.15) is 16.9 Å². The SMILES string of the molecule is CC1CC2=CC(Cl)=COC2=C1S(=O)(=O)N=C=O. The lowest BCUT2D eigenvalue weighted by molar-refractivity contribution is 0.356. The zero-order chi connectivity index (χ0) is 12.6. The molecule has 1 unspecified atom stereocenters. The number of fused-ring (bicyclic) bond motifs is 1. The summed E-state index contributed by atoms with van der Waals surface area (Å²) >= 11 is 5.76. The van der Waals surface area contributed by atoms with Crippen molar-refractivity contribution >= 4 is 27.7 Å².